The molecule has 74 valence electrons. The maximum atomic E-state index is 5.60. The molecule has 0 fully saturated rings. The number of nitrogens with two attached hydrogens (primary N) is 1. The minimum absolute atomic E-state index is 0. The summed E-state index contributed by atoms with van der Waals surface area (Å²) in [6.45, 7) is 2.24. The molecule has 0 unspecified atom stereocenters. The van der Waals surface area contributed by atoms with Crippen LogP contribution in [0.15, 0.2) is 24.3 Å². The van der Waals surface area contributed by atoms with Crippen LogP contribution in [0.5, 0.6) is 0 Å². The molecule has 2 N–H and O–H groups in total. The summed E-state index contributed by atoms with van der Waals surface area (Å²) in [7, 11) is 0. The molecule has 1 rings (SSSR count). The van der Waals surface area contributed by atoms with E-state index in [4.69, 9.17) is 5.73 Å². The number of anilines is 1. The standard InChI is InChI=1S/C12H19N.Zn/c1-2-3-4-5-6-11-7-9-12(13)10-8-11;/h7-10H,2-6,13H2,1H3;. The molecule has 0 heterocycles. The Kier molecular flexibility index (Phi) is 7.79. The number of hydrogen-bond acceptors (Lipinski definition) is 1. The van der Waals surface area contributed by atoms with Crippen molar-refractivity contribution in [3.05, 3.63) is 29.8 Å². The van der Waals surface area contributed by atoms with Crippen molar-refractivity contribution in [2.45, 2.75) is 39.0 Å². The van der Waals surface area contributed by atoms with Crippen molar-refractivity contribution < 1.29 is 19.5 Å². The summed E-state index contributed by atoms with van der Waals surface area (Å²) in [5, 5.41) is 0. The van der Waals surface area contributed by atoms with Crippen LogP contribution in [-0.4, -0.2) is 0 Å². The van der Waals surface area contributed by atoms with Crippen molar-refractivity contribution in [3.63, 3.8) is 0 Å². The maximum Gasteiger partial charge on any atom is 0.0314 e. The van der Waals surface area contributed by atoms with Crippen LogP contribution in [0.2, 0.25) is 0 Å². The van der Waals surface area contributed by atoms with Crippen molar-refractivity contribution in [2.75, 3.05) is 5.73 Å². The monoisotopic (exact) mass is 241 g/mol. The number of hydrogen-bond donors (Lipinski definition) is 1. The smallest absolute Gasteiger partial charge is 0.0314 e. The normalized spacial score (nSPS) is 9.50. The minimum Gasteiger partial charge on any atom is -0.399 e. The van der Waals surface area contributed by atoms with Crippen LogP contribution < -0.4 is 5.73 Å². The van der Waals surface area contributed by atoms with E-state index in [0.29, 0.717) is 0 Å². The Balaban J connectivity index is 0.00000169. The first kappa shape index (κ1) is 13.6. The van der Waals surface area contributed by atoms with Gasteiger partial charge in [0.15, 0.2) is 0 Å². The predicted octanol–water partition coefficient (Wildman–Crippen LogP) is 3.39. The Morgan fingerprint density at radius 1 is 1.00 bits per heavy atom. The van der Waals surface area contributed by atoms with Crippen molar-refractivity contribution in [1.29, 1.82) is 0 Å². The third-order valence-corrected chi connectivity index (χ3v) is 2.30. The van der Waals surface area contributed by atoms with E-state index in [-0.39, 0.29) is 19.5 Å². The van der Waals surface area contributed by atoms with Gasteiger partial charge in [-0.3, -0.25) is 0 Å². The van der Waals surface area contributed by atoms with E-state index in [2.05, 4.69) is 19.1 Å². The topological polar surface area (TPSA) is 26.0 Å². The van der Waals surface area contributed by atoms with E-state index >= 15 is 0 Å². The first-order valence-corrected chi connectivity index (χ1v) is 5.17. The molecule has 0 aliphatic rings. The third kappa shape index (κ3) is 5.39. The molecule has 0 bridgehead atoms. The van der Waals surface area contributed by atoms with Crippen LogP contribution in [0, 0.1) is 0 Å². The fourth-order valence-electron chi connectivity index (χ4n) is 1.44. The van der Waals surface area contributed by atoms with Crippen molar-refractivity contribution in [1.82, 2.24) is 0 Å². The molecule has 0 aromatic heterocycles. The molecule has 14 heavy (non-hydrogen) atoms. The van der Waals surface area contributed by atoms with E-state index in [0.717, 1.165) is 5.69 Å². The summed E-state index contributed by atoms with van der Waals surface area (Å²) in [5.41, 5.74) is 7.87. The first-order valence-electron chi connectivity index (χ1n) is 5.17. The summed E-state index contributed by atoms with van der Waals surface area (Å²) >= 11 is 0. The van der Waals surface area contributed by atoms with E-state index in [9.17, 15) is 0 Å². The summed E-state index contributed by atoms with van der Waals surface area (Å²) in [4.78, 5) is 0. The third-order valence-electron chi connectivity index (χ3n) is 2.30. The van der Waals surface area contributed by atoms with Crippen LogP contribution in [0.4, 0.5) is 5.69 Å². The predicted molar refractivity (Wildman–Crippen MR) is 58.7 cm³/mol. The molecule has 0 atom stereocenters. The van der Waals surface area contributed by atoms with Crippen LogP contribution >= 0.6 is 0 Å². The van der Waals surface area contributed by atoms with Crippen molar-refractivity contribution >= 4 is 5.69 Å². The molecule has 1 nitrogen and oxygen atoms in total. The van der Waals surface area contributed by atoms with Gasteiger partial charge in [-0.05, 0) is 30.5 Å². The van der Waals surface area contributed by atoms with Crippen molar-refractivity contribution in [3.8, 4) is 0 Å². The number of nitrogen functional groups attached to an aromatic ring is 1. The Hall–Kier alpha value is -0.357. The number of rotatable bonds is 5. The van der Waals surface area contributed by atoms with Gasteiger partial charge < -0.3 is 5.73 Å². The van der Waals surface area contributed by atoms with E-state index in [1.807, 2.05) is 12.1 Å². The summed E-state index contributed by atoms with van der Waals surface area (Å²) in [6.07, 6.45) is 6.51. The molecule has 0 spiro atoms. The van der Waals surface area contributed by atoms with Gasteiger partial charge in [0, 0.05) is 25.2 Å². The van der Waals surface area contributed by atoms with Crippen LogP contribution in [-0.2, 0) is 25.9 Å². The zero-order valence-corrected chi connectivity index (χ0v) is 12.1. The zero-order valence-electron chi connectivity index (χ0n) is 9.13. The van der Waals surface area contributed by atoms with E-state index in [1.54, 1.807) is 0 Å². The van der Waals surface area contributed by atoms with Crippen molar-refractivity contribution in [2.24, 2.45) is 0 Å². The fraction of sp³-hybridized carbons (Fsp3) is 0.500. The van der Waals surface area contributed by atoms with E-state index in [1.165, 1.54) is 37.7 Å². The van der Waals surface area contributed by atoms with Gasteiger partial charge >= 0.3 is 0 Å². The Morgan fingerprint density at radius 3 is 2.21 bits per heavy atom. The zero-order chi connectivity index (χ0) is 9.52. The van der Waals surface area contributed by atoms with Crippen LogP contribution in [0.3, 0.4) is 0 Å². The second-order valence-corrected chi connectivity index (χ2v) is 3.55. The molecule has 0 aliphatic heterocycles. The molecule has 0 saturated carbocycles. The summed E-state index contributed by atoms with van der Waals surface area (Å²) < 4.78 is 0. The molecule has 0 radical (unpaired) electrons. The number of aryl methyl sites for hydroxylation is 1. The summed E-state index contributed by atoms with van der Waals surface area (Å²) in [5.74, 6) is 0. The molecule has 0 saturated heterocycles. The van der Waals surface area contributed by atoms with Gasteiger partial charge in [0.1, 0.15) is 0 Å². The Labute approximate surface area is 99.8 Å². The first-order chi connectivity index (χ1) is 6.33. The van der Waals surface area contributed by atoms with Gasteiger partial charge in [0.25, 0.3) is 0 Å². The minimum atomic E-state index is 0. The average Bonchev–Trinajstić information content (AvgIpc) is 2.15. The second kappa shape index (κ2) is 7.99. The average molecular weight is 243 g/mol. The fourth-order valence-corrected chi connectivity index (χ4v) is 1.44. The Morgan fingerprint density at radius 2 is 1.64 bits per heavy atom. The van der Waals surface area contributed by atoms with Gasteiger partial charge in [-0.15, -0.1) is 0 Å². The molecular weight excluding hydrogens is 224 g/mol. The van der Waals surface area contributed by atoms with E-state index < -0.39 is 0 Å². The number of benzene rings is 1. The largest absolute Gasteiger partial charge is 0.399 e. The summed E-state index contributed by atoms with van der Waals surface area (Å²) in [6, 6.07) is 8.22. The Bertz CT molecular complexity index is 231. The molecule has 2 heteroatoms. The van der Waals surface area contributed by atoms with Gasteiger partial charge in [0.2, 0.25) is 0 Å². The van der Waals surface area contributed by atoms with Gasteiger partial charge in [0.05, 0.1) is 0 Å². The maximum absolute atomic E-state index is 5.60. The molecule has 1 aromatic carbocycles. The number of unbranched alkanes of at least 4 members (excludes halogenated alkanes) is 3. The molecule has 1 aromatic rings. The van der Waals surface area contributed by atoms with Gasteiger partial charge in [-0.1, -0.05) is 38.3 Å². The van der Waals surface area contributed by atoms with Gasteiger partial charge in [-0.2, -0.15) is 0 Å². The second-order valence-electron chi connectivity index (χ2n) is 3.55. The SMILES string of the molecule is CCCCCCc1ccc(N)cc1.[Zn]. The van der Waals surface area contributed by atoms with Crippen LogP contribution in [0.1, 0.15) is 38.2 Å². The molecule has 0 aliphatic carbocycles. The molecular formula is C12H19NZn. The van der Waals surface area contributed by atoms with Gasteiger partial charge in [-0.25, -0.2) is 0 Å². The van der Waals surface area contributed by atoms with Crippen LogP contribution in [0.25, 0.3) is 0 Å². The molecule has 0 amide bonds. The quantitative estimate of drug-likeness (QED) is 0.478.